The second-order valence-electron chi connectivity index (χ2n) is 19.3. The lowest BCUT2D eigenvalue weighted by Gasteiger charge is -2.42. The number of nitrogens with zero attached hydrogens (tertiary/aromatic N) is 1. The molecule has 10 rings (SSSR count). The molecule has 0 bridgehead atoms. The van der Waals surface area contributed by atoms with Crippen molar-refractivity contribution in [3.05, 3.63) is 131 Å². The number of aromatic nitrogens is 1. The Kier molecular flexibility index (Phi) is 7.29. The van der Waals surface area contributed by atoms with Crippen molar-refractivity contribution in [2.24, 2.45) is 0 Å². The van der Waals surface area contributed by atoms with Gasteiger partial charge in [-0.05, 0) is 117 Å². The average molecular weight is 737 g/mol. The highest BCUT2D eigenvalue weighted by Gasteiger charge is 2.39. The van der Waals surface area contributed by atoms with Gasteiger partial charge in [-0.25, -0.2) is 0 Å². The van der Waals surface area contributed by atoms with Gasteiger partial charge in [-0.15, -0.1) is 11.3 Å². The van der Waals surface area contributed by atoms with Gasteiger partial charge >= 0.3 is 0 Å². The maximum absolute atomic E-state index is 7.06. The molecule has 2 aromatic heterocycles. The summed E-state index contributed by atoms with van der Waals surface area (Å²) in [6.07, 6.45) is 4.73. The van der Waals surface area contributed by atoms with Crippen LogP contribution in [0.4, 0.5) is 5.69 Å². The first-order valence-corrected chi connectivity index (χ1v) is 21.0. The van der Waals surface area contributed by atoms with E-state index in [0.29, 0.717) is 0 Å². The first-order valence-electron chi connectivity index (χ1n) is 20.2. The predicted molar refractivity (Wildman–Crippen MR) is 240 cm³/mol. The SMILES string of the molecule is CC1(C)CCC(C)(C)c2cc(-c3cc(N)cc(-c4ccc5c(c4)C(C)(C)CCC5(C)C)c3-n3c4ccccc4c4cc5c(cc43)sc3ccccc35)ccc21. The van der Waals surface area contributed by atoms with Crippen LogP contribution in [0, 0.1) is 0 Å². The number of hydrogen-bond acceptors (Lipinski definition) is 2. The zero-order valence-corrected chi connectivity index (χ0v) is 34.5. The highest BCUT2D eigenvalue weighted by Crippen LogP contribution is 2.51. The zero-order valence-electron chi connectivity index (χ0n) is 33.7. The van der Waals surface area contributed by atoms with E-state index < -0.39 is 0 Å². The monoisotopic (exact) mass is 736 g/mol. The second kappa shape index (κ2) is 11.6. The molecule has 2 aliphatic carbocycles. The fraction of sp³-hybridized carbons (Fsp3) is 0.308. The fourth-order valence-corrected chi connectivity index (χ4v) is 11.4. The minimum Gasteiger partial charge on any atom is -0.399 e. The first-order chi connectivity index (χ1) is 26.1. The molecule has 0 atom stereocenters. The van der Waals surface area contributed by atoms with Crippen LogP contribution in [0.25, 0.3) is 69.9 Å². The van der Waals surface area contributed by atoms with E-state index in [4.69, 9.17) is 5.73 Å². The number of benzene rings is 6. The quantitative estimate of drug-likeness (QED) is 0.180. The normalized spacial score (nSPS) is 18.2. The van der Waals surface area contributed by atoms with Crippen molar-refractivity contribution in [1.29, 1.82) is 0 Å². The van der Waals surface area contributed by atoms with Crippen LogP contribution in [0.2, 0.25) is 0 Å². The number of nitrogen functional groups attached to an aromatic ring is 1. The summed E-state index contributed by atoms with van der Waals surface area (Å²) in [5.74, 6) is 0. The standard InChI is InChI=1S/C52H52N2S/c1-49(2)21-23-51(5,6)42-25-31(17-19-40(42)49)36-27-33(53)28-37(32-18-20-41-43(26-32)52(7,8)24-22-50(41,3)4)48(36)54-44-15-11-9-13-34(44)38-29-39-35-14-10-12-16-46(35)55-47(39)30-45(38)54/h9-20,25-30H,21-24,53H2,1-8H3. The van der Waals surface area contributed by atoms with Crippen LogP contribution in [0.5, 0.6) is 0 Å². The van der Waals surface area contributed by atoms with E-state index >= 15 is 0 Å². The zero-order chi connectivity index (χ0) is 38.2. The molecular weight excluding hydrogens is 685 g/mol. The number of anilines is 1. The predicted octanol–water partition coefficient (Wildman–Crippen LogP) is 14.8. The summed E-state index contributed by atoms with van der Waals surface area (Å²) in [5, 5.41) is 5.20. The van der Waals surface area contributed by atoms with Gasteiger partial charge in [-0.3, -0.25) is 0 Å². The van der Waals surface area contributed by atoms with Crippen molar-refractivity contribution in [2.45, 2.75) is 103 Å². The summed E-state index contributed by atoms with van der Waals surface area (Å²) < 4.78 is 5.21. The minimum absolute atomic E-state index is 0.0840. The van der Waals surface area contributed by atoms with Gasteiger partial charge in [0.05, 0.1) is 16.7 Å². The number of rotatable bonds is 3. The highest BCUT2D eigenvalue weighted by atomic mass is 32.1. The van der Waals surface area contributed by atoms with Crippen molar-refractivity contribution in [3.8, 4) is 27.9 Å². The molecule has 2 N–H and O–H groups in total. The van der Waals surface area contributed by atoms with E-state index in [-0.39, 0.29) is 21.7 Å². The van der Waals surface area contributed by atoms with Crippen LogP contribution in [0.3, 0.4) is 0 Å². The Morgan fingerprint density at radius 1 is 0.455 bits per heavy atom. The Morgan fingerprint density at radius 2 is 0.964 bits per heavy atom. The molecule has 0 saturated carbocycles. The van der Waals surface area contributed by atoms with Gasteiger partial charge in [0, 0.05) is 47.8 Å². The molecule has 0 saturated heterocycles. The Balaban J connectivity index is 1.34. The third kappa shape index (κ3) is 5.18. The minimum atomic E-state index is 0.0840. The maximum Gasteiger partial charge on any atom is 0.0620 e. The molecule has 0 spiro atoms. The first kappa shape index (κ1) is 34.6. The molecule has 2 aliphatic rings. The molecule has 0 amide bonds. The van der Waals surface area contributed by atoms with Gasteiger partial charge in [-0.2, -0.15) is 0 Å². The average Bonchev–Trinajstić information content (AvgIpc) is 3.68. The molecule has 55 heavy (non-hydrogen) atoms. The van der Waals surface area contributed by atoms with Gasteiger partial charge in [-0.1, -0.05) is 128 Å². The van der Waals surface area contributed by atoms with E-state index in [9.17, 15) is 0 Å². The van der Waals surface area contributed by atoms with Gasteiger partial charge < -0.3 is 10.3 Å². The maximum atomic E-state index is 7.06. The second-order valence-corrected chi connectivity index (χ2v) is 20.4. The fourth-order valence-electron chi connectivity index (χ4n) is 10.3. The lowest BCUT2D eigenvalue weighted by molar-refractivity contribution is 0.332. The molecule has 0 aliphatic heterocycles. The lowest BCUT2D eigenvalue weighted by Crippen LogP contribution is -2.33. The topological polar surface area (TPSA) is 30.9 Å². The third-order valence-corrected chi connectivity index (χ3v) is 15.0. The number of nitrogens with two attached hydrogens (primary N) is 1. The lowest BCUT2D eigenvalue weighted by atomic mass is 9.62. The summed E-state index contributed by atoms with van der Waals surface area (Å²) in [4.78, 5) is 0. The summed E-state index contributed by atoms with van der Waals surface area (Å²) >= 11 is 1.89. The Hall–Kier alpha value is -4.86. The number of fused-ring (bicyclic) bond motifs is 8. The van der Waals surface area contributed by atoms with Crippen LogP contribution >= 0.6 is 11.3 Å². The molecule has 3 heteroatoms. The van der Waals surface area contributed by atoms with E-state index in [1.54, 1.807) is 0 Å². The molecule has 2 heterocycles. The molecule has 0 radical (unpaired) electrons. The van der Waals surface area contributed by atoms with E-state index in [1.807, 2.05) is 11.3 Å². The van der Waals surface area contributed by atoms with E-state index in [0.717, 1.165) is 5.69 Å². The van der Waals surface area contributed by atoms with Crippen LogP contribution < -0.4 is 5.73 Å². The van der Waals surface area contributed by atoms with Crippen LogP contribution in [-0.2, 0) is 21.7 Å². The number of thiophene rings is 1. The number of para-hydroxylation sites is 1. The molecule has 8 aromatic rings. The molecule has 2 nitrogen and oxygen atoms in total. The summed E-state index contributed by atoms with van der Waals surface area (Å²) in [5.41, 5.74) is 22.6. The van der Waals surface area contributed by atoms with Crippen molar-refractivity contribution in [2.75, 3.05) is 5.73 Å². The summed E-state index contributed by atoms with van der Waals surface area (Å²) in [6.45, 7) is 19.4. The van der Waals surface area contributed by atoms with Crippen molar-refractivity contribution in [3.63, 3.8) is 0 Å². The van der Waals surface area contributed by atoms with Crippen LogP contribution in [0.15, 0.2) is 109 Å². The molecule has 0 unspecified atom stereocenters. The van der Waals surface area contributed by atoms with Crippen molar-refractivity contribution >= 4 is 59.0 Å². The largest absolute Gasteiger partial charge is 0.399 e. The molecule has 0 fully saturated rings. The Labute approximate surface area is 330 Å². The molecule has 276 valence electrons. The van der Waals surface area contributed by atoms with Gasteiger partial charge in [0.25, 0.3) is 0 Å². The van der Waals surface area contributed by atoms with Crippen molar-refractivity contribution in [1.82, 2.24) is 4.57 Å². The van der Waals surface area contributed by atoms with Gasteiger partial charge in [0.2, 0.25) is 0 Å². The molecular formula is C52H52N2S. The van der Waals surface area contributed by atoms with Crippen LogP contribution in [0.1, 0.15) is 103 Å². The highest BCUT2D eigenvalue weighted by molar-refractivity contribution is 7.25. The third-order valence-electron chi connectivity index (χ3n) is 13.9. The summed E-state index contributed by atoms with van der Waals surface area (Å²) in [7, 11) is 0. The number of hydrogen-bond donors (Lipinski definition) is 1. The van der Waals surface area contributed by atoms with E-state index in [1.165, 1.54) is 118 Å². The smallest absolute Gasteiger partial charge is 0.0620 e. The Bertz CT molecular complexity index is 2790. The van der Waals surface area contributed by atoms with Gasteiger partial charge in [0.15, 0.2) is 0 Å². The van der Waals surface area contributed by atoms with E-state index in [2.05, 4.69) is 169 Å². The van der Waals surface area contributed by atoms with Crippen LogP contribution in [-0.4, -0.2) is 4.57 Å². The van der Waals surface area contributed by atoms with Gasteiger partial charge in [0.1, 0.15) is 0 Å². The Morgan fingerprint density at radius 3 is 1.55 bits per heavy atom. The summed E-state index contributed by atoms with van der Waals surface area (Å²) in [6, 6.07) is 41.8. The molecule has 6 aromatic carbocycles. The van der Waals surface area contributed by atoms with Crippen molar-refractivity contribution < 1.29 is 0 Å².